The maximum absolute atomic E-state index is 12.0. The van der Waals surface area contributed by atoms with Gasteiger partial charge in [-0.05, 0) is 24.6 Å². The van der Waals surface area contributed by atoms with Crippen molar-refractivity contribution in [1.82, 2.24) is 0 Å². The number of carbonyl (C=O) groups is 1. The summed E-state index contributed by atoms with van der Waals surface area (Å²) in [7, 11) is 0. The molecule has 2 rings (SSSR count). The second-order valence-corrected chi connectivity index (χ2v) is 4.67. The van der Waals surface area contributed by atoms with Gasteiger partial charge in [0.1, 0.15) is 5.75 Å². The molecular formula is C18H20O4. The minimum absolute atomic E-state index is 0.141. The van der Waals surface area contributed by atoms with Gasteiger partial charge in [0, 0.05) is 0 Å². The predicted molar refractivity (Wildman–Crippen MR) is 83.6 cm³/mol. The normalized spacial score (nSPS) is 11.7. The highest BCUT2D eigenvalue weighted by atomic mass is 16.6. The van der Waals surface area contributed by atoms with Gasteiger partial charge in [0.2, 0.25) is 6.10 Å². The van der Waals surface area contributed by atoms with E-state index in [2.05, 4.69) is 0 Å². The Balaban J connectivity index is 1.91. The molecule has 0 heterocycles. The van der Waals surface area contributed by atoms with Gasteiger partial charge in [-0.25, -0.2) is 4.79 Å². The predicted octanol–water partition coefficient (Wildman–Crippen LogP) is 3.21. The highest BCUT2D eigenvalue weighted by molar-refractivity contribution is 5.75. The Bertz CT molecular complexity index is 554. The first kappa shape index (κ1) is 16.0. The number of carbonyl (C=O) groups excluding carboxylic acids is 1. The van der Waals surface area contributed by atoms with Crippen molar-refractivity contribution >= 4 is 5.97 Å². The maximum Gasteiger partial charge on any atom is 0.349 e. The van der Waals surface area contributed by atoms with Crippen molar-refractivity contribution in [3.63, 3.8) is 0 Å². The minimum atomic E-state index is -0.772. The Morgan fingerprint density at radius 2 is 1.64 bits per heavy atom. The summed E-state index contributed by atoms with van der Waals surface area (Å²) >= 11 is 0. The summed E-state index contributed by atoms with van der Waals surface area (Å²) in [5.41, 5.74) is 1.05. The number of esters is 1. The second kappa shape index (κ2) is 8.85. The van der Waals surface area contributed by atoms with Crippen LogP contribution < -0.4 is 4.74 Å². The maximum atomic E-state index is 12.0. The van der Waals surface area contributed by atoms with E-state index in [-0.39, 0.29) is 6.61 Å². The topological polar surface area (TPSA) is 44.8 Å². The molecule has 1 atom stereocenters. The minimum Gasteiger partial charge on any atom is -0.476 e. The largest absolute Gasteiger partial charge is 0.476 e. The van der Waals surface area contributed by atoms with E-state index in [0.717, 1.165) is 5.56 Å². The Kier molecular flexibility index (Phi) is 6.45. The summed E-state index contributed by atoms with van der Waals surface area (Å²) < 4.78 is 16.3. The molecule has 1 unspecified atom stereocenters. The van der Waals surface area contributed by atoms with E-state index in [9.17, 15) is 4.79 Å². The van der Waals surface area contributed by atoms with Gasteiger partial charge in [0.25, 0.3) is 0 Å². The molecule has 0 radical (unpaired) electrons. The number of hydrogen-bond acceptors (Lipinski definition) is 4. The zero-order valence-corrected chi connectivity index (χ0v) is 12.6. The molecule has 0 aromatic heterocycles. The summed E-state index contributed by atoms with van der Waals surface area (Å²) in [5.74, 6) is 0.197. The Morgan fingerprint density at radius 3 is 2.27 bits per heavy atom. The number of hydrogen-bond donors (Lipinski definition) is 0. The monoisotopic (exact) mass is 300 g/mol. The van der Waals surface area contributed by atoms with Gasteiger partial charge in [-0.2, -0.15) is 0 Å². The number of para-hydroxylation sites is 1. The lowest BCUT2D eigenvalue weighted by Crippen LogP contribution is -2.34. The molecule has 22 heavy (non-hydrogen) atoms. The van der Waals surface area contributed by atoms with Gasteiger partial charge in [0.05, 0.1) is 19.8 Å². The fraction of sp³-hybridized carbons (Fsp3) is 0.278. The third-order valence-electron chi connectivity index (χ3n) is 2.95. The van der Waals surface area contributed by atoms with Crippen LogP contribution in [-0.4, -0.2) is 25.3 Å². The summed E-state index contributed by atoms with van der Waals surface area (Å²) in [5, 5.41) is 0. The van der Waals surface area contributed by atoms with Gasteiger partial charge < -0.3 is 14.2 Å². The number of benzene rings is 2. The van der Waals surface area contributed by atoms with Gasteiger partial charge >= 0.3 is 5.97 Å². The molecule has 116 valence electrons. The van der Waals surface area contributed by atoms with Gasteiger partial charge in [-0.1, -0.05) is 48.5 Å². The lowest BCUT2D eigenvalue weighted by atomic mass is 10.2. The van der Waals surface area contributed by atoms with Gasteiger partial charge in [-0.15, -0.1) is 0 Å². The Labute approximate surface area is 130 Å². The smallest absolute Gasteiger partial charge is 0.349 e. The lowest BCUT2D eigenvalue weighted by molar-refractivity contribution is -0.154. The first-order valence-electron chi connectivity index (χ1n) is 7.29. The zero-order valence-electron chi connectivity index (χ0n) is 12.6. The van der Waals surface area contributed by atoms with Gasteiger partial charge in [0.15, 0.2) is 0 Å². The molecule has 0 saturated carbocycles. The zero-order chi connectivity index (χ0) is 15.6. The first-order valence-corrected chi connectivity index (χ1v) is 7.29. The molecule has 0 N–H and O–H groups in total. The molecule has 0 spiro atoms. The highest BCUT2D eigenvalue weighted by Crippen LogP contribution is 2.12. The first-order chi connectivity index (χ1) is 10.8. The van der Waals surface area contributed by atoms with Crippen LogP contribution in [0.1, 0.15) is 12.5 Å². The summed E-state index contributed by atoms with van der Waals surface area (Å²) in [4.78, 5) is 12.0. The summed E-state index contributed by atoms with van der Waals surface area (Å²) in [6.07, 6.45) is -0.772. The van der Waals surface area contributed by atoms with Crippen LogP contribution in [0.25, 0.3) is 0 Å². The second-order valence-electron chi connectivity index (χ2n) is 4.67. The molecule has 0 bridgehead atoms. The van der Waals surface area contributed by atoms with Crippen LogP contribution in [0.5, 0.6) is 5.75 Å². The van der Waals surface area contributed by atoms with Crippen molar-refractivity contribution in [1.29, 1.82) is 0 Å². The number of rotatable bonds is 8. The fourth-order valence-electron chi connectivity index (χ4n) is 1.91. The van der Waals surface area contributed by atoms with Crippen molar-refractivity contribution in [2.24, 2.45) is 0 Å². The fourth-order valence-corrected chi connectivity index (χ4v) is 1.91. The van der Waals surface area contributed by atoms with E-state index in [1.54, 1.807) is 19.1 Å². The molecule has 0 saturated heterocycles. The molecule has 0 aliphatic rings. The van der Waals surface area contributed by atoms with Crippen molar-refractivity contribution in [2.75, 3.05) is 13.2 Å². The molecule has 0 amide bonds. The van der Waals surface area contributed by atoms with E-state index >= 15 is 0 Å². The van der Waals surface area contributed by atoms with E-state index in [0.29, 0.717) is 19.0 Å². The van der Waals surface area contributed by atoms with Crippen LogP contribution in [0, 0.1) is 0 Å². The van der Waals surface area contributed by atoms with Crippen LogP contribution >= 0.6 is 0 Å². The van der Waals surface area contributed by atoms with E-state index in [4.69, 9.17) is 14.2 Å². The third kappa shape index (κ3) is 5.22. The highest BCUT2D eigenvalue weighted by Gasteiger charge is 2.22. The average molecular weight is 300 g/mol. The average Bonchev–Trinajstić information content (AvgIpc) is 2.56. The molecule has 2 aromatic rings. The number of ether oxygens (including phenoxy) is 3. The lowest BCUT2D eigenvalue weighted by Gasteiger charge is -2.17. The van der Waals surface area contributed by atoms with E-state index in [1.807, 2.05) is 48.5 Å². The molecule has 0 aliphatic carbocycles. The van der Waals surface area contributed by atoms with Crippen LogP contribution in [-0.2, 0) is 20.9 Å². The summed E-state index contributed by atoms with van der Waals surface area (Å²) in [6.45, 7) is 2.64. The van der Waals surface area contributed by atoms with Gasteiger partial charge in [-0.3, -0.25) is 0 Å². The quantitative estimate of drug-likeness (QED) is 0.702. The SMILES string of the molecule is CCOC(=O)C(COCc1ccccc1)Oc1ccccc1. The molecule has 0 aliphatic heterocycles. The summed E-state index contributed by atoms with van der Waals surface area (Å²) in [6, 6.07) is 19.0. The third-order valence-corrected chi connectivity index (χ3v) is 2.95. The van der Waals surface area contributed by atoms with E-state index in [1.165, 1.54) is 0 Å². The van der Waals surface area contributed by atoms with Crippen LogP contribution in [0.15, 0.2) is 60.7 Å². The Hall–Kier alpha value is -2.33. The molecule has 4 nitrogen and oxygen atoms in total. The van der Waals surface area contributed by atoms with Crippen molar-refractivity contribution < 1.29 is 19.0 Å². The molecule has 0 fully saturated rings. The van der Waals surface area contributed by atoms with Crippen molar-refractivity contribution in [2.45, 2.75) is 19.6 Å². The van der Waals surface area contributed by atoms with Crippen LogP contribution in [0.3, 0.4) is 0 Å². The Morgan fingerprint density at radius 1 is 1.00 bits per heavy atom. The molecular weight excluding hydrogens is 280 g/mol. The van der Waals surface area contributed by atoms with Crippen LogP contribution in [0.4, 0.5) is 0 Å². The van der Waals surface area contributed by atoms with E-state index < -0.39 is 12.1 Å². The molecule has 4 heteroatoms. The van der Waals surface area contributed by atoms with Crippen molar-refractivity contribution in [3.05, 3.63) is 66.2 Å². The standard InChI is InChI=1S/C18H20O4/c1-2-21-18(19)17(22-16-11-7-4-8-12-16)14-20-13-15-9-5-3-6-10-15/h3-12,17H,2,13-14H2,1H3. The van der Waals surface area contributed by atoms with Crippen LogP contribution in [0.2, 0.25) is 0 Å². The van der Waals surface area contributed by atoms with Crippen molar-refractivity contribution in [3.8, 4) is 5.75 Å². The molecule has 2 aromatic carbocycles.